The van der Waals surface area contributed by atoms with Crippen LogP contribution >= 0.6 is 34.7 Å². The molecule has 7 heteroatoms. The van der Waals surface area contributed by atoms with Gasteiger partial charge < -0.3 is 4.42 Å². The average molecular weight is 298 g/mol. The molecule has 0 fully saturated rings. The minimum absolute atomic E-state index is 0.249. The minimum Gasteiger partial charge on any atom is -0.423 e. The molecule has 1 aromatic carbocycles. The zero-order valence-corrected chi connectivity index (χ0v) is 11.6. The van der Waals surface area contributed by atoms with Gasteiger partial charge in [0.05, 0.1) is 16.0 Å². The van der Waals surface area contributed by atoms with Crippen LogP contribution in [0.2, 0.25) is 0 Å². The average Bonchev–Trinajstić information content (AvgIpc) is 3.02. The van der Waals surface area contributed by atoms with E-state index in [1.165, 1.54) is 4.70 Å². The van der Waals surface area contributed by atoms with Crippen molar-refractivity contribution in [3.63, 3.8) is 0 Å². The largest absolute Gasteiger partial charge is 0.423 e. The fourth-order valence-corrected chi connectivity index (χ4v) is 3.45. The summed E-state index contributed by atoms with van der Waals surface area (Å²) in [5.41, 5.74) is 1.02. The summed E-state index contributed by atoms with van der Waals surface area (Å²) in [7, 11) is 0. The van der Waals surface area contributed by atoms with Crippen molar-refractivity contribution < 1.29 is 4.42 Å². The molecule has 3 aromatic rings. The van der Waals surface area contributed by atoms with Gasteiger partial charge in [0.1, 0.15) is 5.88 Å². The molecule has 92 valence electrons. The number of thioether (sulfide) groups is 1. The number of hydrogen-bond acceptors (Lipinski definition) is 6. The summed E-state index contributed by atoms with van der Waals surface area (Å²) in [5, 5.41) is 7.72. The van der Waals surface area contributed by atoms with Crippen molar-refractivity contribution in [3.05, 3.63) is 36.0 Å². The monoisotopic (exact) mass is 297 g/mol. The van der Waals surface area contributed by atoms with Crippen LogP contribution in [0.4, 0.5) is 0 Å². The second-order valence-electron chi connectivity index (χ2n) is 3.46. The van der Waals surface area contributed by atoms with Crippen molar-refractivity contribution in [1.82, 2.24) is 15.2 Å². The molecule has 2 aromatic heterocycles. The van der Waals surface area contributed by atoms with Gasteiger partial charge in [-0.05, 0) is 12.1 Å². The Morgan fingerprint density at radius 1 is 1.22 bits per heavy atom. The first-order valence-electron chi connectivity index (χ1n) is 5.21. The van der Waals surface area contributed by atoms with Gasteiger partial charge in [-0.2, -0.15) is 0 Å². The fourth-order valence-electron chi connectivity index (χ4n) is 1.44. The number of aromatic nitrogens is 3. The Bertz CT molecular complexity index is 634. The normalized spacial score (nSPS) is 11.2. The number of fused-ring (bicyclic) bond motifs is 1. The van der Waals surface area contributed by atoms with Crippen LogP contribution in [0.15, 0.2) is 33.0 Å². The third-order valence-electron chi connectivity index (χ3n) is 2.22. The van der Waals surface area contributed by atoms with Crippen LogP contribution in [0.1, 0.15) is 11.8 Å². The van der Waals surface area contributed by atoms with Gasteiger partial charge in [0, 0.05) is 0 Å². The Morgan fingerprint density at radius 2 is 2.06 bits per heavy atom. The SMILES string of the molecule is ClCc1nnc(CSc2nc3ccccc3s2)o1. The lowest BCUT2D eigenvalue weighted by molar-refractivity contribution is 0.481. The highest BCUT2D eigenvalue weighted by Crippen LogP contribution is 2.31. The van der Waals surface area contributed by atoms with Crippen LogP contribution in [0.5, 0.6) is 0 Å². The molecule has 0 atom stereocenters. The van der Waals surface area contributed by atoms with Crippen LogP contribution < -0.4 is 0 Å². The number of benzene rings is 1. The highest BCUT2D eigenvalue weighted by molar-refractivity contribution is 8.00. The molecule has 0 aliphatic heterocycles. The topological polar surface area (TPSA) is 51.8 Å². The van der Waals surface area contributed by atoms with Gasteiger partial charge in [-0.3, -0.25) is 0 Å². The summed E-state index contributed by atoms with van der Waals surface area (Å²) in [6.07, 6.45) is 0. The molecule has 0 spiro atoms. The maximum atomic E-state index is 5.60. The molecular formula is C11H8ClN3OS2. The van der Waals surface area contributed by atoms with Crippen molar-refractivity contribution in [3.8, 4) is 0 Å². The first kappa shape index (κ1) is 12.0. The number of nitrogens with zero attached hydrogens (tertiary/aromatic N) is 3. The summed E-state index contributed by atoms with van der Waals surface area (Å²) >= 11 is 8.85. The molecule has 18 heavy (non-hydrogen) atoms. The van der Waals surface area contributed by atoms with Gasteiger partial charge in [-0.1, -0.05) is 23.9 Å². The standard InChI is InChI=1S/C11H8ClN3OS2/c12-5-9-14-15-10(16-9)6-17-11-13-7-3-1-2-4-8(7)18-11/h1-4H,5-6H2. The Kier molecular flexibility index (Phi) is 3.49. The number of halogens is 1. The van der Waals surface area contributed by atoms with Crippen LogP contribution in [0, 0.1) is 0 Å². The highest BCUT2D eigenvalue weighted by Gasteiger charge is 2.08. The molecule has 0 saturated carbocycles. The molecule has 0 bridgehead atoms. The van der Waals surface area contributed by atoms with Crippen LogP contribution in [-0.4, -0.2) is 15.2 Å². The van der Waals surface area contributed by atoms with Gasteiger partial charge >= 0.3 is 0 Å². The van der Waals surface area contributed by atoms with E-state index in [1.807, 2.05) is 18.2 Å². The van der Waals surface area contributed by atoms with Gasteiger partial charge in [-0.15, -0.1) is 33.1 Å². The Balaban J connectivity index is 1.72. The highest BCUT2D eigenvalue weighted by atomic mass is 35.5. The van der Waals surface area contributed by atoms with Crippen molar-refractivity contribution in [1.29, 1.82) is 0 Å². The van der Waals surface area contributed by atoms with E-state index in [0.29, 0.717) is 17.5 Å². The smallest absolute Gasteiger partial charge is 0.231 e. The van der Waals surface area contributed by atoms with Crippen molar-refractivity contribution in [2.75, 3.05) is 0 Å². The Hall–Kier alpha value is -1.11. The molecule has 0 amide bonds. The molecule has 2 heterocycles. The number of para-hydroxylation sites is 1. The second-order valence-corrected chi connectivity index (χ2v) is 5.98. The number of hydrogen-bond donors (Lipinski definition) is 0. The second kappa shape index (κ2) is 5.26. The van der Waals surface area contributed by atoms with Crippen LogP contribution in [-0.2, 0) is 11.6 Å². The minimum atomic E-state index is 0.249. The van der Waals surface area contributed by atoms with Crippen molar-refractivity contribution in [2.24, 2.45) is 0 Å². The molecule has 0 unspecified atom stereocenters. The molecule has 3 rings (SSSR count). The van der Waals surface area contributed by atoms with Crippen molar-refractivity contribution in [2.45, 2.75) is 16.0 Å². The lowest BCUT2D eigenvalue weighted by atomic mass is 10.3. The van der Waals surface area contributed by atoms with Crippen LogP contribution in [0.25, 0.3) is 10.2 Å². The summed E-state index contributed by atoms with van der Waals surface area (Å²) in [6.45, 7) is 0. The first-order chi connectivity index (χ1) is 8.85. The number of thiazole rings is 1. The Morgan fingerprint density at radius 3 is 2.83 bits per heavy atom. The van der Waals surface area contributed by atoms with E-state index in [-0.39, 0.29) is 5.88 Å². The molecule has 0 radical (unpaired) electrons. The summed E-state index contributed by atoms with van der Waals surface area (Å²) in [6, 6.07) is 8.07. The number of alkyl halides is 1. The molecule has 0 aliphatic carbocycles. The zero-order chi connectivity index (χ0) is 12.4. The van der Waals surface area contributed by atoms with Gasteiger partial charge in [0.2, 0.25) is 11.8 Å². The van der Waals surface area contributed by atoms with E-state index in [4.69, 9.17) is 16.0 Å². The molecule has 4 nitrogen and oxygen atoms in total. The molecule has 0 aliphatic rings. The van der Waals surface area contributed by atoms with E-state index >= 15 is 0 Å². The lowest BCUT2D eigenvalue weighted by Crippen LogP contribution is -1.79. The quantitative estimate of drug-likeness (QED) is 0.543. The molecule has 0 N–H and O–H groups in total. The van der Waals surface area contributed by atoms with Gasteiger partial charge in [0.15, 0.2) is 4.34 Å². The van der Waals surface area contributed by atoms with E-state index in [1.54, 1.807) is 23.1 Å². The van der Waals surface area contributed by atoms with Crippen molar-refractivity contribution >= 4 is 44.9 Å². The maximum absolute atomic E-state index is 5.60. The maximum Gasteiger partial charge on any atom is 0.231 e. The molecular weight excluding hydrogens is 290 g/mol. The fraction of sp³-hybridized carbons (Fsp3) is 0.182. The van der Waals surface area contributed by atoms with E-state index in [2.05, 4.69) is 21.2 Å². The zero-order valence-electron chi connectivity index (χ0n) is 9.17. The summed E-state index contributed by atoms with van der Waals surface area (Å²) < 4.78 is 7.52. The van der Waals surface area contributed by atoms with E-state index in [0.717, 1.165) is 9.86 Å². The first-order valence-corrected chi connectivity index (χ1v) is 7.54. The van der Waals surface area contributed by atoms with Gasteiger partial charge in [0.25, 0.3) is 0 Å². The van der Waals surface area contributed by atoms with Crippen LogP contribution in [0.3, 0.4) is 0 Å². The summed E-state index contributed by atoms with van der Waals surface area (Å²) in [4.78, 5) is 4.52. The van der Waals surface area contributed by atoms with Gasteiger partial charge in [-0.25, -0.2) is 4.98 Å². The predicted molar refractivity (Wildman–Crippen MR) is 73.0 cm³/mol. The summed E-state index contributed by atoms with van der Waals surface area (Å²) in [5.74, 6) is 1.90. The third kappa shape index (κ3) is 2.50. The lowest BCUT2D eigenvalue weighted by Gasteiger charge is -1.90. The molecule has 0 saturated heterocycles. The van der Waals surface area contributed by atoms with E-state index in [9.17, 15) is 0 Å². The Labute approximate surface area is 116 Å². The van der Waals surface area contributed by atoms with E-state index < -0.39 is 0 Å². The number of rotatable bonds is 4. The predicted octanol–water partition coefficient (Wildman–Crippen LogP) is 3.71. The third-order valence-corrected chi connectivity index (χ3v) is 4.61.